The van der Waals surface area contributed by atoms with Crippen molar-refractivity contribution in [3.8, 4) is 0 Å². The second-order valence-corrected chi connectivity index (χ2v) is 2.34. The number of aliphatic carboxylic acids is 2. The van der Waals surface area contributed by atoms with E-state index in [1.807, 2.05) is 0 Å². The van der Waals surface area contributed by atoms with Crippen LogP contribution in [0.15, 0.2) is 0 Å². The Balaban J connectivity index is 0. The SMILES string of the molecule is CC(=O)C(=O)O.CCCC(=O)C(=O)O. The molecule has 0 saturated heterocycles. The summed E-state index contributed by atoms with van der Waals surface area (Å²) in [6.45, 7) is 2.77. The maximum absolute atomic E-state index is 10.1. The first kappa shape index (κ1) is 14.8. The van der Waals surface area contributed by atoms with Crippen LogP contribution in [0.4, 0.5) is 0 Å². The lowest BCUT2D eigenvalue weighted by atomic mass is 10.2. The normalized spacial score (nSPS) is 8.14. The number of hydrogen-bond acceptors (Lipinski definition) is 4. The van der Waals surface area contributed by atoms with Crippen LogP contribution in [0.3, 0.4) is 0 Å². The zero-order valence-corrected chi connectivity index (χ0v) is 7.94. The molecule has 0 spiro atoms. The van der Waals surface area contributed by atoms with Gasteiger partial charge in [-0.2, -0.15) is 0 Å². The lowest BCUT2D eigenvalue weighted by molar-refractivity contribution is -0.149. The van der Waals surface area contributed by atoms with Crippen molar-refractivity contribution in [2.45, 2.75) is 26.7 Å². The van der Waals surface area contributed by atoms with Crippen molar-refractivity contribution in [2.75, 3.05) is 0 Å². The first-order chi connectivity index (χ1) is 6.32. The predicted octanol–water partition coefficient (Wildman–Crippen LogP) is 0.100. The number of carbonyl (C=O) groups excluding carboxylic acids is 2. The molecule has 14 heavy (non-hydrogen) atoms. The molecule has 0 aliphatic rings. The monoisotopic (exact) mass is 204 g/mol. The third-order valence-electron chi connectivity index (χ3n) is 1.02. The van der Waals surface area contributed by atoms with Crippen LogP contribution in [-0.4, -0.2) is 33.7 Å². The van der Waals surface area contributed by atoms with E-state index in [9.17, 15) is 19.2 Å². The number of rotatable bonds is 4. The number of Topliss-reactive ketones (excluding diaryl/α,β-unsaturated/α-hetero) is 2. The Bertz CT molecular complexity index is 230. The highest BCUT2D eigenvalue weighted by atomic mass is 16.4. The van der Waals surface area contributed by atoms with Crippen LogP contribution >= 0.6 is 0 Å². The van der Waals surface area contributed by atoms with Crippen molar-refractivity contribution in [3.05, 3.63) is 0 Å². The first-order valence-corrected chi connectivity index (χ1v) is 3.82. The second-order valence-electron chi connectivity index (χ2n) is 2.34. The van der Waals surface area contributed by atoms with Gasteiger partial charge in [0, 0.05) is 13.3 Å². The number of hydrogen-bond donors (Lipinski definition) is 2. The van der Waals surface area contributed by atoms with Gasteiger partial charge >= 0.3 is 11.9 Å². The number of carboxylic acid groups (broad SMARTS) is 2. The van der Waals surface area contributed by atoms with E-state index in [4.69, 9.17) is 10.2 Å². The van der Waals surface area contributed by atoms with Gasteiger partial charge in [0.25, 0.3) is 0 Å². The van der Waals surface area contributed by atoms with Crippen LogP contribution in [0.5, 0.6) is 0 Å². The Hall–Kier alpha value is -1.72. The summed E-state index contributed by atoms with van der Waals surface area (Å²) in [6, 6.07) is 0. The van der Waals surface area contributed by atoms with Gasteiger partial charge < -0.3 is 10.2 Å². The van der Waals surface area contributed by atoms with Crippen LogP contribution < -0.4 is 0 Å². The molecule has 6 nitrogen and oxygen atoms in total. The Morgan fingerprint density at radius 1 is 1.00 bits per heavy atom. The van der Waals surface area contributed by atoms with Crippen molar-refractivity contribution in [1.29, 1.82) is 0 Å². The van der Waals surface area contributed by atoms with E-state index in [2.05, 4.69) is 0 Å². The summed E-state index contributed by atoms with van der Waals surface area (Å²) >= 11 is 0. The van der Waals surface area contributed by atoms with Crippen LogP contribution in [0.2, 0.25) is 0 Å². The summed E-state index contributed by atoms with van der Waals surface area (Å²) in [7, 11) is 0. The molecule has 0 aliphatic heterocycles. The molecular weight excluding hydrogens is 192 g/mol. The van der Waals surface area contributed by atoms with Gasteiger partial charge in [-0.3, -0.25) is 9.59 Å². The summed E-state index contributed by atoms with van der Waals surface area (Å²) in [5.74, 6) is -4.23. The lowest BCUT2D eigenvalue weighted by Gasteiger charge is -1.85. The van der Waals surface area contributed by atoms with Gasteiger partial charge in [-0.15, -0.1) is 0 Å². The van der Waals surface area contributed by atoms with E-state index >= 15 is 0 Å². The third-order valence-corrected chi connectivity index (χ3v) is 1.02. The fourth-order valence-corrected chi connectivity index (χ4v) is 0.334. The van der Waals surface area contributed by atoms with Gasteiger partial charge in [-0.1, -0.05) is 6.92 Å². The summed E-state index contributed by atoms with van der Waals surface area (Å²) < 4.78 is 0. The maximum Gasteiger partial charge on any atom is 0.372 e. The van der Waals surface area contributed by atoms with E-state index in [1.165, 1.54) is 0 Å². The molecule has 0 heterocycles. The van der Waals surface area contributed by atoms with E-state index in [0.29, 0.717) is 6.42 Å². The van der Waals surface area contributed by atoms with E-state index in [1.54, 1.807) is 6.92 Å². The lowest BCUT2D eigenvalue weighted by Crippen LogP contribution is -2.10. The molecule has 0 aromatic rings. The van der Waals surface area contributed by atoms with Crippen LogP contribution in [0.25, 0.3) is 0 Å². The molecule has 0 aromatic carbocycles. The van der Waals surface area contributed by atoms with Gasteiger partial charge in [-0.25, -0.2) is 9.59 Å². The van der Waals surface area contributed by atoms with Crippen molar-refractivity contribution >= 4 is 23.5 Å². The Morgan fingerprint density at radius 3 is 1.43 bits per heavy atom. The minimum Gasteiger partial charge on any atom is -0.476 e. The average molecular weight is 204 g/mol. The molecule has 6 heteroatoms. The Morgan fingerprint density at radius 2 is 1.36 bits per heavy atom. The van der Waals surface area contributed by atoms with Gasteiger partial charge in [0.1, 0.15) is 0 Å². The Labute approximate surface area is 80.5 Å². The molecule has 0 fully saturated rings. The minimum atomic E-state index is -1.38. The van der Waals surface area contributed by atoms with Crippen molar-refractivity contribution in [1.82, 2.24) is 0 Å². The van der Waals surface area contributed by atoms with Crippen molar-refractivity contribution < 1.29 is 29.4 Å². The van der Waals surface area contributed by atoms with Gasteiger partial charge in [0.2, 0.25) is 11.6 Å². The zero-order valence-electron chi connectivity index (χ0n) is 7.94. The van der Waals surface area contributed by atoms with Crippen LogP contribution in [0, 0.1) is 0 Å². The average Bonchev–Trinajstić information content (AvgIpc) is 2.05. The second kappa shape index (κ2) is 7.90. The zero-order chi connectivity index (χ0) is 11.7. The topological polar surface area (TPSA) is 109 Å². The van der Waals surface area contributed by atoms with E-state index in [0.717, 1.165) is 6.92 Å². The molecule has 80 valence electrons. The van der Waals surface area contributed by atoms with Gasteiger partial charge in [0.15, 0.2) is 0 Å². The first-order valence-electron chi connectivity index (χ1n) is 3.82. The molecule has 0 bridgehead atoms. The predicted molar refractivity (Wildman–Crippen MR) is 45.9 cm³/mol. The quantitative estimate of drug-likeness (QED) is 0.628. The van der Waals surface area contributed by atoms with Crippen molar-refractivity contribution in [3.63, 3.8) is 0 Å². The summed E-state index contributed by atoms with van der Waals surface area (Å²) in [4.78, 5) is 38.8. The smallest absolute Gasteiger partial charge is 0.372 e. The Kier molecular flexibility index (Phi) is 8.35. The van der Waals surface area contributed by atoms with E-state index < -0.39 is 23.5 Å². The summed E-state index contributed by atoms with van der Waals surface area (Å²) in [5, 5.41) is 15.6. The molecule has 0 aromatic heterocycles. The molecule has 2 N–H and O–H groups in total. The minimum absolute atomic E-state index is 0.148. The molecule has 0 aliphatic carbocycles. The number of ketones is 2. The summed E-state index contributed by atoms with van der Waals surface area (Å²) in [6.07, 6.45) is 0.750. The highest BCUT2D eigenvalue weighted by molar-refractivity contribution is 6.32. The standard InChI is InChI=1S/C5H8O3.C3H4O3/c1-2-3-4(6)5(7)8;1-2(4)3(5)6/h2-3H2,1H3,(H,7,8);1H3,(H,5,6). The number of carboxylic acids is 2. The third kappa shape index (κ3) is 10.3. The summed E-state index contributed by atoms with van der Waals surface area (Å²) in [5.41, 5.74) is 0. The van der Waals surface area contributed by atoms with Crippen LogP contribution in [-0.2, 0) is 19.2 Å². The molecule has 0 amide bonds. The fourth-order valence-electron chi connectivity index (χ4n) is 0.334. The molecule has 0 saturated carbocycles. The highest BCUT2D eigenvalue weighted by Gasteiger charge is 2.07. The van der Waals surface area contributed by atoms with E-state index in [-0.39, 0.29) is 6.42 Å². The maximum atomic E-state index is 10.1. The number of carbonyl (C=O) groups is 4. The highest BCUT2D eigenvalue weighted by Crippen LogP contribution is 1.87. The molecule has 0 radical (unpaired) electrons. The fraction of sp³-hybridized carbons (Fsp3) is 0.500. The molecule has 0 rings (SSSR count). The van der Waals surface area contributed by atoms with Gasteiger partial charge in [0.05, 0.1) is 0 Å². The van der Waals surface area contributed by atoms with Gasteiger partial charge in [-0.05, 0) is 6.42 Å². The molecule has 0 atom stereocenters. The molecular formula is C8H12O6. The molecule has 0 unspecified atom stereocenters. The van der Waals surface area contributed by atoms with Crippen molar-refractivity contribution in [2.24, 2.45) is 0 Å². The van der Waals surface area contributed by atoms with Crippen LogP contribution in [0.1, 0.15) is 26.7 Å². The largest absolute Gasteiger partial charge is 0.476 e.